The highest BCUT2D eigenvalue weighted by molar-refractivity contribution is 5.95. The highest BCUT2D eigenvalue weighted by Crippen LogP contribution is 2.23. The number of hydrogen-bond acceptors (Lipinski definition) is 3. The lowest BCUT2D eigenvalue weighted by Crippen LogP contribution is -2.36. The molecule has 1 atom stereocenters. The molecule has 0 radical (unpaired) electrons. The molecule has 1 aromatic carbocycles. The highest BCUT2D eigenvalue weighted by Gasteiger charge is 2.30. The van der Waals surface area contributed by atoms with Crippen LogP contribution in [0.3, 0.4) is 0 Å². The molecule has 0 bridgehead atoms. The first-order valence-electron chi connectivity index (χ1n) is 6.10. The number of rotatable bonds is 3. The molecule has 1 heterocycles. The minimum atomic E-state index is -0.588. The number of aliphatic hydroxyl groups excluding tert-OH is 1. The van der Waals surface area contributed by atoms with E-state index in [9.17, 15) is 9.18 Å². The van der Waals surface area contributed by atoms with Crippen molar-refractivity contribution < 1.29 is 14.3 Å². The molecule has 5 heteroatoms. The molecule has 1 aliphatic heterocycles. The number of nitrogen functional groups attached to an aromatic ring is 1. The van der Waals surface area contributed by atoms with Crippen LogP contribution in [0.4, 0.5) is 10.1 Å². The van der Waals surface area contributed by atoms with Gasteiger partial charge in [0.1, 0.15) is 5.82 Å². The van der Waals surface area contributed by atoms with Crippen molar-refractivity contribution in [3.63, 3.8) is 0 Å². The van der Waals surface area contributed by atoms with E-state index >= 15 is 0 Å². The Hall–Kier alpha value is -1.62. The normalized spacial score (nSPS) is 19.2. The third kappa shape index (κ3) is 2.46. The number of benzene rings is 1. The van der Waals surface area contributed by atoms with Gasteiger partial charge in [-0.1, -0.05) is 0 Å². The van der Waals surface area contributed by atoms with Crippen LogP contribution in [0.25, 0.3) is 0 Å². The van der Waals surface area contributed by atoms with Gasteiger partial charge in [-0.3, -0.25) is 4.79 Å². The molecular formula is C13H17FN2O2. The van der Waals surface area contributed by atoms with E-state index in [4.69, 9.17) is 10.8 Å². The second-order valence-electron chi connectivity index (χ2n) is 4.55. The third-order valence-corrected chi connectivity index (χ3v) is 3.32. The second-order valence-corrected chi connectivity index (χ2v) is 4.55. The molecule has 1 saturated heterocycles. The standard InChI is InChI=1S/C13H17FN2O2/c14-12-8-9(15)3-4-11(12)13(18)16-6-1-2-10(16)5-7-17/h3-4,8,10,17H,1-2,5-7,15H2. The van der Waals surface area contributed by atoms with Gasteiger partial charge in [0.2, 0.25) is 0 Å². The maximum Gasteiger partial charge on any atom is 0.257 e. The van der Waals surface area contributed by atoms with Crippen LogP contribution in [0.15, 0.2) is 18.2 Å². The van der Waals surface area contributed by atoms with Gasteiger partial charge in [-0.15, -0.1) is 0 Å². The first kappa shape index (κ1) is 12.8. The van der Waals surface area contributed by atoms with E-state index in [0.29, 0.717) is 18.7 Å². The molecule has 0 saturated carbocycles. The maximum absolute atomic E-state index is 13.7. The number of likely N-dealkylation sites (tertiary alicyclic amines) is 1. The van der Waals surface area contributed by atoms with E-state index in [-0.39, 0.29) is 24.1 Å². The minimum Gasteiger partial charge on any atom is -0.399 e. The summed E-state index contributed by atoms with van der Waals surface area (Å²) in [5.74, 6) is -0.905. The molecule has 2 rings (SSSR count). The SMILES string of the molecule is Nc1ccc(C(=O)N2CCCC2CCO)c(F)c1. The minimum absolute atomic E-state index is 0.0134. The van der Waals surface area contributed by atoms with Crippen molar-refractivity contribution in [1.82, 2.24) is 4.90 Å². The van der Waals surface area contributed by atoms with Crippen molar-refractivity contribution in [2.45, 2.75) is 25.3 Å². The smallest absolute Gasteiger partial charge is 0.257 e. The average Bonchev–Trinajstić information content (AvgIpc) is 2.77. The Kier molecular flexibility index (Phi) is 3.81. The summed E-state index contributed by atoms with van der Waals surface area (Å²) in [6.07, 6.45) is 2.30. The number of anilines is 1. The van der Waals surface area contributed by atoms with Gasteiger partial charge in [0.15, 0.2) is 0 Å². The Morgan fingerprint density at radius 2 is 2.33 bits per heavy atom. The molecular weight excluding hydrogens is 235 g/mol. The Morgan fingerprint density at radius 1 is 1.56 bits per heavy atom. The van der Waals surface area contributed by atoms with Crippen LogP contribution in [0.5, 0.6) is 0 Å². The van der Waals surface area contributed by atoms with E-state index < -0.39 is 5.82 Å². The van der Waals surface area contributed by atoms with Gasteiger partial charge in [-0.25, -0.2) is 4.39 Å². The van der Waals surface area contributed by atoms with Gasteiger partial charge in [0.05, 0.1) is 5.56 Å². The van der Waals surface area contributed by atoms with Crippen LogP contribution in [-0.4, -0.2) is 35.1 Å². The molecule has 3 N–H and O–H groups in total. The van der Waals surface area contributed by atoms with Crippen LogP contribution in [0, 0.1) is 5.82 Å². The fraction of sp³-hybridized carbons (Fsp3) is 0.462. The molecule has 0 aliphatic carbocycles. The molecule has 1 amide bonds. The number of halogens is 1. The predicted octanol–water partition coefficient (Wildman–Crippen LogP) is 1.39. The summed E-state index contributed by atoms with van der Waals surface area (Å²) in [7, 11) is 0. The molecule has 18 heavy (non-hydrogen) atoms. The number of carbonyl (C=O) groups is 1. The summed E-state index contributed by atoms with van der Waals surface area (Å²) in [5.41, 5.74) is 5.81. The van der Waals surface area contributed by atoms with E-state index in [1.807, 2.05) is 0 Å². The molecule has 1 fully saturated rings. The average molecular weight is 252 g/mol. The quantitative estimate of drug-likeness (QED) is 0.799. The first-order valence-corrected chi connectivity index (χ1v) is 6.10. The van der Waals surface area contributed by atoms with Crippen LogP contribution in [-0.2, 0) is 0 Å². The molecule has 4 nitrogen and oxygen atoms in total. The summed E-state index contributed by atoms with van der Waals surface area (Å²) >= 11 is 0. The Balaban J connectivity index is 2.20. The zero-order valence-electron chi connectivity index (χ0n) is 10.1. The fourth-order valence-corrected chi connectivity index (χ4v) is 2.41. The van der Waals surface area contributed by atoms with Gasteiger partial charge < -0.3 is 15.7 Å². The summed E-state index contributed by atoms with van der Waals surface area (Å²) in [5, 5.41) is 8.96. The van der Waals surface area contributed by atoms with Gasteiger partial charge >= 0.3 is 0 Å². The van der Waals surface area contributed by atoms with Crippen LogP contribution >= 0.6 is 0 Å². The lowest BCUT2D eigenvalue weighted by molar-refractivity contribution is 0.0712. The maximum atomic E-state index is 13.7. The number of nitrogens with zero attached hydrogens (tertiary/aromatic N) is 1. The summed E-state index contributed by atoms with van der Waals surface area (Å²) in [4.78, 5) is 13.9. The number of carbonyl (C=O) groups excluding carboxylic acids is 1. The van der Waals surface area contributed by atoms with Crippen molar-refractivity contribution in [2.75, 3.05) is 18.9 Å². The third-order valence-electron chi connectivity index (χ3n) is 3.32. The van der Waals surface area contributed by atoms with Gasteiger partial charge in [0.25, 0.3) is 5.91 Å². The van der Waals surface area contributed by atoms with E-state index in [1.165, 1.54) is 12.1 Å². The molecule has 1 unspecified atom stereocenters. The van der Waals surface area contributed by atoms with Gasteiger partial charge in [-0.05, 0) is 37.5 Å². The summed E-state index contributed by atoms with van der Waals surface area (Å²) in [6.45, 7) is 0.659. The molecule has 0 spiro atoms. The van der Waals surface area contributed by atoms with Crippen molar-refractivity contribution in [2.24, 2.45) is 0 Å². The van der Waals surface area contributed by atoms with Crippen molar-refractivity contribution >= 4 is 11.6 Å². The Labute approximate surface area is 105 Å². The fourth-order valence-electron chi connectivity index (χ4n) is 2.41. The Morgan fingerprint density at radius 3 is 3.00 bits per heavy atom. The number of nitrogens with two attached hydrogens (primary N) is 1. The van der Waals surface area contributed by atoms with E-state index in [1.54, 1.807) is 4.90 Å². The van der Waals surface area contributed by atoms with Crippen LogP contribution in [0.2, 0.25) is 0 Å². The zero-order valence-corrected chi connectivity index (χ0v) is 10.1. The van der Waals surface area contributed by atoms with Crippen molar-refractivity contribution in [3.05, 3.63) is 29.6 Å². The van der Waals surface area contributed by atoms with Crippen LogP contribution in [0.1, 0.15) is 29.6 Å². The van der Waals surface area contributed by atoms with E-state index in [2.05, 4.69) is 0 Å². The van der Waals surface area contributed by atoms with Crippen molar-refractivity contribution in [1.29, 1.82) is 0 Å². The molecule has 98 valence electrons. The molecule has 1 aromatic rings. The summed E-state index contributed by atoms with van der Waals surface area (Å²) in [6, 6.07) is 4.11. The second kappa shape index (κ2) is 5.35. The largest absolute Gasteiger partial charge is 0.399 e. The van der Waals surface area contributed by atoms with Gasteiger partial charge in [0, 0.05) is 24.9 Å². The number of hydrogen-bond donors (Lipinski definition) is 2. The lowest BCUT2D eigenvalue weighted by atomic mass is 10.1. The monoisotopic (exact) mass is 252 g/mol. The first-order chi connectivity index (χ1) is 8.63. The predicted molar refractivity (Wildman–Crippen MR) is 66.6 cm³/mol. The van der Waals surface area contributed by atoms with Crippen LogP contribution < -0.4 is 5.73 Å². The summed E-state index contributed by atoms with van der Waals surface area (Å²) < 4.78 is 13.7. The number of amides is 1. The van der Waals surface area contributed by atoms with Crippen molar-refractivity contribution in [3.8, 4) is 0 Å². The highest BCUT2D eigenvalue weighted by atomic mass is 19.1. The van der Waals surface area contributed by atoms with E-state index in [0.717, 1.165) is 18.9 Å². The Bertz CT molecular complexity index is 451. The zero-order chi connectivity index (χ0) is 13.1. The van der Waals surface area contributed by atoms with Gasteiger partial charge in [-0.2, -0.15) is 0 Å². The molecule has 0 aromatic heterocycles. The topological polar surface area (TPSA) is 66.6 Å². The number of aliphatic hydroxyl groups is 1. The lowest BCUT2D eigenvalue weighted by Gasteiger charge is -2.24. The molecule has 1 aliphatic rings.